The van der Waals surface area contributed by atoms with Crippen LogP contribution >= 0.6 is 11.6 Å². The molecule has 0 spiro atoms. The minimum absolute atomic E-state index is 0.309. The second-order valence-corrected chi connectivity index (χ2v) is 9.07. The standard InChI is InChI=1S/C19H20ClF3N2O3S/c1-11-7-12(2)18(13(3)8-11)24-17(26)10-25(29(4,27)28)14-5-6-16(20)15(9-14)19(21,22)23/h5-9H,10H2,1-4H3,(H,24,26). The second-order valence-electron chi connectivity index (χ2n) is 6.75. The van der Waals surface area contributed by atoms with E-state index < -0.39 is 39.2 Å². The SMILES string of the molecule is Cc1cc(C)c(NC(=O)CN(c2ccc(Cl)c(C(F)(F)F)c2)S(C)(=O)=O)c(C)c1. The van der Waals surface area contributed by atoms with E-state index >= 15 is 0 Å². The first-order valence-corrected chi connectivity index (χ1v) is 10.6. The van der Waals surface area contributed by atoms with Crippen molar-refractivity contribution < 1.29 is 26.4 Å². The molecule has 29 heavy (non-hydrogen) atoms. The summed E-state index contributed by atoms with van der Waals surface area (Å²) < 4.78 is 64.3. The van der Waals surface area contributed by atoms with Gasteiger partial charge in [0.25, 0.3) is 0 Å². The number of nitrogens with zero attached hydrogens (tertiary/aromatic N) is 1. The molecule has 0 heterocycles. The fourth-order valence-corrected chi connectivity index (χ4v) is 4.05. The summed E-state index contributed by atoms with van der Waals surface area (Å²) in [6, 6.07) is 6.38. The molecule has 10 heteroatoms. The lowest BCUT2D eigenvalue weighted by atomic mass is 10.1. The van der Waals surface area contributed by atoms with E-state index in [1.165, 1.54) is 0 Å². The van der Waals surface area contributed by atoms with E-state index in [1.807, 2.05) is 19.1 Å². The maximum Gasteiger partial charge on any atom is 0.417 e. The summed E-state index contributed by atoms with van der Waals surface area (Å²) >= 11 is 5.59. The van der Waals surface area contributed by atoms with Gasteiger partial charge in [-0.15, -0.1) is 0 Å². The van der Waals surface area contributed by atoms with Crippen molar-refractivity contribution >= 4 is 38.9 Å². The van der Waals surface area contributed by atoms with E-state index in [2.05, 4.69) is 5.32 Å². The van der Waals surface area contributed by atoms with Crippen LogP contribution in [0.1, 0.15) is 22.3 Å². The molecule has 0 fully saturated rings. The van der Waals surface area contributed by atoms with Crippen molar-refractivity contribution in [3.8, 4) is 0 Å². The van der Waals surface area contributed by atoms with Crippen LogP contribution < -0.4 is 9.62 Å². The van der Waals surface area contributed by atoms with Crippen molar-refractivity contribution in [2.24, 2.45) is 0 Å². The van der Waals surface area contributed by atoms with Gasteiger partial charge in [-0.3, -0.25) is 9.10 Å². The Hall–Kier alpha value is -2.26. The fraction of sp³-hybridized carbons (Fsp3) is 0.316. The number of sulfonamides is 1. The van der Waals surface area contributed by atoms with Gasteiger partial charge in [0.05, 0.1) is 22.5 Å². The lowest BCUT2D eigenvalue weighted by Crippen LogP contribution is -2.37. The van der Waals surface area contributed by atoms with Crippen LogP contribution in [0, 0.1) is 20.8 Å². The summed E-state index contributed by atoms with van der Waals surface area (Å²) in [7, 11) is -4.05. The Morgan fingerprint density at radius 1 is 1.10 bits per heavy atom. The minimum atomic E-state index is -4.77. The van der Waals surface area contributed by atoms with E-state index in [0.717, 1.165) is 35.1 Å². The molecule has 0 atom stereocenters. The zero-order valence-corrected chi connectivity index (χ0v) is 17.8. The molecule has 0 aliphatic carbocycles. The van der Waals surface area contributed by atoms with Crippen molar-refractivity contribution in [1.29, 1.82) is 0 Å². The van der Waals surface area contributed by atoms with E-state index in [1.54, 1.807) is 13.8 Å². The molecule has 2 rings (SSSR count). The lowest BCUT2D eigenvalue weighted by Gasteiger charge is -2.23. The first-order valence-electron chi connectivity index (χ1n) is 8.42. The number of aryl methyl sites for hydroxylation is 3. The number of benzene rings is 2. The largest absolute Gasteiger partial charge is 0.417 e. The van der Waals surface area contributed by atoms with Gasteiger partial charge in [-0.2, -0.15) is 13.2 Å². The highest BCUT2D eigenvalue weighted by atomic mass is 35.5. The predicted molar refractivity (Wildman–Crippen MR) is 108 cm³/mol. The summed E-state index contributed by atoms with van der Waals surface area (Å²) in [5, 5.41) is 2.08. The van der Waals surface area contributed by atoms with E-state index in [4.69, 9.17) is 11.6 Å². The third-order valence-electron chi connectivity index (χ3n) is 4.17. The Labute approximate surface area is 172 Å². The number of nitrogens with one attached hydrogen (secondary N) is 1. The molecule has 0 aliphatic heterocycles. The van der Waals surface area contributed by atoms with Crippen molar-refractivity contribution in [1.82, 2.24) is 0 Å². The van der Waals surface area contributed by atoms with Crippen molar-refractivity contribution in [2.45, 2.75) is 26.9 Å². The molecule has 0 unspecified atom stereocenters. The molecule has 1 amide bonds. The van der Waals surface area contributed by atoms with Gasteiger partial charge in [0, 0.05) is 5.69 Å². The molecule has 1 N–H and O–H groups in total. The number of hydrogen-bond acceptors (Lipinski definition) is 3. The van der Waals surface area contributed by atoms with Gasteiger partial charge >= 0.3 is 6.18 Å². The molecule has 2 aromatic rings. The average Bonchev–Trinajstić information content (AvgIpc) is 2.54. The second kappa shape index (κ2) is 8.23. The molecule has 0 radical (unpaired) electrons. The van der Waals surface area contributed by atoms with Crippen LogP contribution in [0.25, 0.3) is 0 Å². The van der Waals surface area contributed by atoms with E-state index in [-0.39, 0.29) is 5.69 Å². The number of carbonyl (C=O) groups is 1. The quantitative estimate of drug-likeness (QED) is 0.721. The van der Waals surface area contributed by atoms with Gasteiger partial charge in [0.15, 0.2) is 0 Å². The zero-order chi connectivity index (χ0) is 22.1. The van der Waals surface area contributed by atoms with Crippen LogP contribution in [0.3, 0.4) is 0 Å². The topological polar surface area (TPSA) is 66.5 Å². The molecule has 0 aromatic heterocycles. The van der Waals surface area contributed by atoms with Crippen LogP contribution in [-0.2, 0) is 21.0 Å². The average molecular weight is 449 g/mol. The number of anilines is 2. The highest BCUT2D eigenvalue weighted by molar-refractivity contribution is 7.92. The van der Waals surface area contributed by atoms with Crippen LogP contribution in [0.15, 0.2) is 30.3 Å². The molecular formula is C19H20ClF3N2O3S. The number of halogens is 4. The molecule has 0 saturated carbocycles. The molecule has 158 valence electrons. The highest BCUT2D eigenvalue weighted by Gasteiger charge is 2.34. The summed E-state index contributed by atoms with van der Waals surface area (Å²) in [6.45, 7) is 4.79. The summed E-state index contributed by atoms with van der Waals surface area (Å²) in [4.78, 5) is 12.5. The van der Waals surface area contributed by atoms with Crippen LogP contribution in [0.4, 0.5) is 24.5 Å². The van der Waals surface area contributed by atoms with Crippen LogP contribution in [0.5, 0.6) is 0 Å². The minimum Gasteiger partial charge on any atom is -0.324 e. The summed E-state index contributed by atoms with van der Waals surface area (Å²) in [5.74, 6) is -0.686. The fourth-order valence-electron chi connectivity index (χ4n) is 2.97. The molecule has 0 bridgehead atoms. The Kier molecular flexibility index (Phi) is 6.54. The number of carbonyl (C=O) groups excluding carboxylic acids is 1. The highest BCUT2D eigenvalue weighted by Crippen LogP contribution is 2.37. The predicted octanol–water partition coefficient (Wildman–Crippen LogP) is 4.69. The Balaban J connectivity index is 2.38. The van der Waals surface area contributed by atoms with E-state index in [9.17, 15) is 26.4 Å². The molecular weight excluding hydrogens is 429 g/mol. The number of rotatable bonds is 5. The van der Waals surface area contributed by atoms with E-state index in [0.29, 0.717) is 16.1 Å². The van der Waals surface area contributed by atoms with Gasteiger partial charge in [-0.25, -0.2) is 8.42 Å². The number of alkyl halides is 3. The van der Waals surface area contributed by atoms with Gasteiger partial charge in [0.1, 0.15) is 6.54 Å². The lowest BCUT2D eigenvalue weighted by molar-refractivity contribution is -0.137. The Morgan fingerprint density at radius 3 is 2.14 bits per heavy atom. The van der Waals surface area contributed by atoms with Crippen LogP contribution in [-0.4, -0.2) is 27.1 Å². The van der Waals surface area contributed by atoms with Crippen molar-refractivity contribution in [3.05, 3.63) is 57.6 Å². The zero-order valence-electron chi connectivity index (χ0n) is 16.2. The number of amides is 1. The van der Waals surface area contributed by atoms with Gasteiger partial charge in [-0.1, -0.05) is 29.3 Å². The maximum atomic E-state index is 13.1. The third kappa shape index (κ3) is 5.63. The first kappa shape index (κ1) is 23.0. The van der Waals surface area contributed by atoms with Crippen molar-refractivity contribution in [3.63, 3.8) is 0 Å². The monoisotopic (exact) mass is 448 g/mol. The van der Waals surface area contributed by atoms with Gasteiger partial charge in [-0.05, 0) is 50.1 Å². The van der Waals surface area contributed by atoms with Crippen molar-refractivity contribution in [2.75, 3.05) is 22.4 Å². The molecule has 0 saturated heterocycles. The summed E-state index contributed by atoms with van der Waals surface area (Å²) in [5.41, 5.74) is 1.60. The Bertz CT molecular complexity index is 1030. The van der Waals surface area contributed by atoms with Gasteiger partial charge < -0.3 is 5.32 Å². The molecule has 2 aromatic carbocycles. The van der Waals surface area contributed by atoms with Crippen LogP contribution in [0.2, 0.25) is 5.02 Å². The third-order valence-corrected chi connectivity index (χ3v) is 5.64. The first-order chi connectivity index (χ1) is 13.2. The maximum absolute atomic E-state index is 13.1. The summed E-state index contributed by atoms with van der Waals surface area (Å²) in [6.07, 6.45) is -3.96. The molecule has 0 aliphatic rings. The van der Waals surface area contributed by atoms with Gasteiger partial charge in [0.2, 0.25) is 15.9 Å². The normalized spacial score (nSPS) is 12.0. The smallest absolute Gasteiger partial charge is 0.324 e. The Morgan fingerprint density at radius 2 is 1.66 bits per heavy atom. The number of hydrogen-bond donors (Lipinski definition) is 1. The molecule has 5 nitrogen and oxygen atoms in total.